The lowest BCUT2D eigenvalue weighted by molar-refractivity contribution is -0.137. The molecule has 1 rings (SSSR count). The normalized spacial score (nSPS) is 10.0. The zero-order valence-electron chi connectivity index (χ0n) is 13.7. The highest BCUT2D eigenvalue weighted by Crippen LogP contribution is 2.39. The Balaban J connectivity index is 2.64. The van der Waals surface area contributed by atoms with Crippen molar-refractivity contribution in [2.75, 3.05) is 27.9 Å². The molecule has 1 amide bonds. The van der Waals surface area contributed by atoms with Crippen molar-refractivity contribution in [1.82, 2.24) is 5.32 Å². The maximum absolute atomic E-state index is 12.3. The van der Waals surface area contributed by atoms with Gasteiger partial charge in [0.2, 0.25) is 5.75 Å². The van der Waals surface area contributed by atoms with Crippen molar-refractivity contribution in [3.63, 3.8) is 0 Å². The number of amides is 1. The highest BCUT2D eigenvalue weighted by Gasteiger charge is 2.20. The summed E-state index contributed by atoms with van der Waals surface area (Å²) in [6.45, 7) is 0.468. The van der Waals surface area contributed by atoms with Gasteiger partial charge >= 0.3 is 5.97 Å². The van der Waals surface area contributed by atoms with E-state index in [1.165, 1.54) is 21.3 Å². The summed E-state index contributed by atoms with van der Waals surface area (Å²) in [4.78, 5) is 22.7. The van der Waals surface area contributed by atoms with Crippen LogP contribution in [-0.2, 0) is 4.79 Å². The van der Waals surface area contributed by atoms with Crippen molar-refractivity contribution >= 4 is 11.9 Å². The van der Waals surface area contributed by atoms with Gasteiger partial charge in [0.15, 0.2) is 11.5 Å². The summed E-state index contributed by atoms with van der Waals surface area (Å²) in [5.41, 5.74) is 0.357. The smallest absolute Gasteiger partial charge is 0.303 e. The maximum Gasteiger partial charge on any atom is 0.303 e. The van der Waals surface area contributed by atoms with Gasteiger partial charge in [-0.2, -0.15) is 0 Å². The number of carbonyl (C=O) groups is 2. The van der Waals surface area contributed by atoms with Crippen molar-refractivity contribution in [2.24, 2.45) is 0 Å². The van der Waals surface area contributed by atoms with E-state index in [2.05, 4.69) is 5.32 Å². The molecule has 1 aromatic carbocycles. The number of benzene rings is 1. The van der Waals surface area contributed by atoms with Crippen LogP contribution in [0.5, 0.6) is 17.2 Å². The zero-order valence-corrected chi connectivity index (χ0v) is 13.7. The van der Waals surface area contributed by atoms with E-state index < -0.39 is 5.97 Å². The highest BCUT2D eigenvalue weighted by molar-refractivity contribution is 5.98. The van der Waals surface area contributed by atoms with Gasteiger partial charge in [-0.3, -0.25) is 9.59 Å². The van der Waals surface area contributed by atoms with E-state index in [1.54, 1.807) is 12.1 Å². The number of hydrogen-bond acceptors (Lipinski definition) is 5. The summed E-state index contributed by atoms with van der Waals surface area (Å²) in [5.74, 6) is 0.0824. The molecule has 23 heavy (non-hydrogen) atoms. The number of nitrogens with one attached hydrogen (secondary N) is 1. The van der Waals surface area contributed by atoms with Gasteiger partial charge in [-0.1, -0.05) is 6.42 Å². The lowest BCUT2D eigenvalue weighted by atomic mass is 10.1. The average Bonchev–Trinajstić information content (AvgIpc) is 2.55. The molecule has 0 atom stereocenters. The minimum Gasteiger partial charge on any atom is -0.493 e. The number of aliphatic carboxylic acids is 1. The Labute approximate surface area is 135 Å². The third kappa shape index (κ3) is 5.36. The first kappa shape index (κ1) is 18.6. The molecule has 7 heteroatoms. The summed E-state index contributed by atoms with van der Waals surface area (Å²) < 4.78 is 15.7. The molecule has 7 nitrogen and oxygen atoms in total. The quantitative estimate of drug-likeness (QED) is 0.640. The van der Waals surface area contributed by atoms with Crippen LogP contribution >= 0.6 is 0 Å². The third-order valence-corrected chi connectivity index (χ3v) is 3.30. The number of unbranched alkanes of at least 4 members (excludes halogenated alkanes) is 2. The minimum absolute atomic E-state index is 0.150. The van der Waals surface area contributed by atoms with Crippen molar-refractivity contribution in [2.45, 2.75) is 25.7 Å². The number of methoxy groups -OCH3 is 3. The standard InChI is InChI=1S/C16H23NO6/c1-21-12-9-8-11(14(22-2)15(12)23-3)16(20)17-10-6-4-5-7-13(18)19/h8-9H,4-7,10H2,1-3H3,(H,17,20)(H,18,19). The zero-order chi connectivity index (χ0) is 17.2. The Bertz CT molecular complexity index is 544. The predicted molar refractivity (Wildman–Crippen MR) is 84.5 cm³/mol. The molecule has 0 unspecified atom stereocenters. The van der Waals surface area contributed by atoms with Gasteiger partial charge in [0.1, 0.15) is 0 Å². The largest absolute Gasteiger partial charge is 0.493 e. The number of carboxylic acid groups (broad SMARTS) is 1. The Morgan fingerprint density at radius 3 is 2.26 bits per heavy atom. The first-order chi connectivity index (χ1) is 11.0. The van der Waals surface area contributed by atoms with Crippen molar-refractivity contribution in [3.8, 4) is 17.2 Å². The second kappa shape index (κ2) is 9.55. The van der Waals surface area contributed by atoms with Crippen molar-refractivity contribution in [1.29, 1.82) is 0 Å². The number of carboxylic acids is 1. The van der Waals surface area contributed by atoms with Crippen LogP contribution in [0.3, 0.4) is 0 Å². The summed E-state index contributed by atoms with van der Waals surface area (Å²) in [6, 6.07) is 3.25. The van der Waals surface area contributed by atoms with Crippen LogP contribution < -0.4 is 19.5 Å². The van der Waals surface area contributed by atoms with E-state index in [-0.39, 0.29) is 12.3 Å². The average molecular weight is 325 g/mol. The molecule has 0 aliphatic heterocycles. The van der Waals surface area contributed by atoms with Crippen LogP contribution in [0.2, 0.25) is 0 Å². The Kier molecular flexibility index (Phi) is 7.73. The number of ether oxygens (including phenoxy) is 3. The molecule has 0 aromatic heterocycles. The Morgan fingerprint density at radius 2 is 1.70 bits per heavy atom. The molecule has 0 saturated carbocycles. The fourth-order valence-electron chi connectivity index (χ4n) is 2.16. The molecule has 2 N–H and O–H groups in total. The van der Waals surface area contributed by atoms with Gasteiger partial charge in [0.25, 0.3) is 5.91 Å². The van der Waals surface area contributed by atoms with Crippen LogP contribution in [-0.4, -0.2) is 44.9 Å². The molecular weight excluding hydrogens is 302 g/mol. The van der Waals surface area contributed by atoms with E-state index >= 15 is 0 Å². The van der Waals surface area contributed by atoms with Crippen LogP contribution in [0, 0.1) is 0 Å². The van der Waals surface area contributed by atoms with E-state index in [0.29, 0.717) is 42.2 Å². The molecule has 0 aliphatic rings. The minimum atomic E-state index is -0.802. The van der Waals surface area contributed by atoms with Gasteiger partial charge in [-0.15, -0.1) is 0 Å². The Hall–Kier alpha value is -2.44. The topological polar surface area (TPSA) is 94.1 Å². The predicted octanol–water partition coefficient (Wildman–Crippen LogP) is 2.09. The summed E-state index contributed by atoms with van der Waals surface area (Å²) in [6.07, 6.45) is 2.21. The first-order valence-electron chi connectivity index (χ1n) is 7.34. The number of hydrogen-bond donors (Lipinski definition) is 2. The van der Waals surface area contributed by atoms with Crippen LogP contribution in [0.25, 0.3) is 0 Å². The van der Waals surface area contributed by atoms with E-state index in [9.17, 15) is 9.59 Å². The Morgan fingerprint density at radius 1 is 1.00 bits per heavy atom. The number of carbonyl (C=O) groups excluding carboxylic acids is 1. The molecule has 0 aliphatic carbocycles. The third-order valence-electron chi connectivity index (χ3n) is 3.30. The van der Waals surface area contributed by atoms with E-state index in [0.717, 1.165) is 6.42 Å². The van der Waals surface area contributed by atoms with Gasteiger partial charge in [-0.05, 0) is 25.0 Å². The fraction of sp³-hybridized carbons (Fsp3) is 0.500. The van der Waals surface area contributed by atoms with Crippen LogP contribution in [0.1, 0.15) is 36.0 Å². The van der Waals surface area contributed by atoms with Crippen molar-refractivity contribution in [3.05, 3.63) is 17.7 Å². The molecule has 0 spiro atoms. The monoisotopic (exact) mass is 325 g/mol. The molecule has 128 valence electrons. The molecule has 0 fully saturated rings. The van der Waals surface area contributed by atoms with Crippen LogP contribution in [0.15, 0.2) is 12.1 Å². The highest BCUT2D eigenvalue weighted by atomic mass is 16.5. The number of rotatable bonds is 10. The molecule has 0 saturated heterocycles. The van der Waals surface area contributed by atoms with E-state index in [1.807, 2.05) is 0 Å². The summed E-state index contributed by atoms with van der Waals surface area (Å²) >= 11 is 0. The maximum atomic E-state index is 12.3. The molecule has 0 bridgehead atoms. The second-order valence-corrected chi connectivity index (χ2v) is 4.84. The molecule has 0 radical (unpaired) electrons. The second-order valence-electron chi connectivity index (χ2n) is 4.84. The van der Waals surface area contributed by atoms with Crippen LogP contribution in [0.4, 0.5) is 0 Å². The lowest BCUT2D eigenvalue weighted by Gasteiger charge is -2.15. The van der Waals surface area contributed by atoms with Gasteiger partial charge in [0, 0.05) is 13.0 Å². The molecular formula is C16H23NO6. The van der Waals surface area contributed by atoms with Gasteiger partial charge < -0.3 is 24.6 Å². The SMILES string of the molecule is COc1ccc(C(=O)NCCCCCC(=O)O)c(OC)c1OC. The summed E-state index contributed by atoms with van der Waals surface area (Å²) in [7, 11) is 4.44. The van der Waals surface area contributed by atoms with Gasteiger partial charge in [-0.25, -0.2) is 0 Å². The van der Waals surface area contributed by atoms with Gasteiger partial charge in [0.05, 0.1) is 26.9 Å². The molecule has 0 heterocycles. The summed E-state index contributed by atoms with van der Waals surface area (Å²) in [5, 5.41) is 11.3. The lowest BCUT2D eigenvalue weighted by Crippen LogP contribution is -2.25. The first-order valence-corrected chi connectivity index (χ1v) is 7.34. The molecule has 1 aromatic rings. The fourth-order valence-corrected chi connectivity index (χ4v) is 2.16. The van der Waals surface area contributed by atoms with E-state index in [4.69, 9.17) is 19.3 Å². The van der Waals surface area contributed by atoms with Crippen molar-refractivity contribution < 1.29 is 28.9 Å².